The van der Waals surface area contributed by atoms with Crippen LogP contribution < -0.4 is 4.74 Å². The average molecular weight is 291 g/mol. The average Bonchev–Trinajstić information content (AvgIpc) is 2.89. The molecule has 1 fully saturated rings. The lowest BCUT2D eigenvalue weighted by atomic mass is 9.79. The Morgan fingerprint density at radius 3 is 2.95 bits per heavy atom. The van der Waals surface area contributed by atoms with E-state index in [9.17, 15) is 9.90 Å². The van der Waals surface area contributed by atoms with E-state index in [-0.39, 0.29) is 11.8 Å². The summed E-state index contributed by atoms with van der Waals surface area (Å²) in [6.45, 7) is 0. The van der Waals surface area contributed by atoms with E-state index in [1.54, 1.807) is 18.4 Å². The van der Waals surface area contributed by atoms with Gasteiger partial charge in [0, 0.05) is 5.92 Å². The molecular formula is C15H17NO3S. The molecule has 2 atom stereocenters. The number of benzene rings is 1. The first kappa shape index (κ1) is 13.4. The number of thiazole rings is 1. The third-order valence-electron chi connectivity index (χ3n) is 4.01. The number of aliphatic carboxylic acids is 1. The SMILES string of the molecule is COc1ccc2nc(C3CCCCC3C(=O)O)sc2c1. The van der Waals surface area contributed by atoms with Crippen molar-refractivity contribution in [1.29, 1.82) is 0 Å². The summed E-state index contributed by atoms with van der Waals surface area (Å²) in [6, 6.07) is 5.79. The predicted molar refractivity (Wildman–Crippen MR) is 78.5 cm³/mol. The molecule has 1 aliphatic carbocycles. The van der Waals surface area contributed by atoms with Gasteiger partial charge >= 0.3 is 5.97 Å². The molecule has 0 saturated heterocycles. The molecule has 20 heavy (non-hydrogen) atoms. The molecule has 0 aliphatic heterocycles. The summed E-state index contributed by atoms with van der Waals surface area (Å²) in [5.41, 5.74) is 0.931. The molecule has 4 nitrogen and oxygen atoms in total. The summed E-state index contributed by atoms with van der Waals surface area (Å²) < 4.78 is 6.29. The van der Waals surface area contributed by atoms with Crippen molar-refractivity contribution in [3.8, 4) is 5.75 Å². The fourth-order valence-corrected chi connectivity index (χ4v) is 4.13. The number of hydrogen-bond acceptors (Lipinski definition) is 4. The molecule has 1 heterocycles. The van der Waals surface area contributed by atoms with E-state index in [1.807, 2.05) is 18.2 Å². The maximum atomic E-state index is 11.4. The fourth-order valence-electron chi connectivity index (χ4n) is 2.93. The van der Waals surface area contributed by atoms with E-state index >= 15 is 0 Å². The maximum absolute atomic E-state index is 11.4. The minimum absolute atomic E-state index is 0.0599. The monoisotopic (exact) mass is 291 g/mol. The number of carboxylic acid groups (broad SMARTS) is 1. The van der Waals surface area contributed by atoms with Gasteiger partial charge in [-0.25, -0.2) is 4.98 Å². The molecule has 1 aromatic heterocycles. The molecule has 1 aliphatic rings. The third-order valence-corrected chi connectivity index (χ3v) is 5.16. The predicted octanol–water partition coefficient (Wildman–Crippen LogP) is 3.66. The highest BCUT2D eigenvalue weighted by molar-refractivity contribution is 7.18. The van der Waals surface area contributed by atoms with Crippen LogP contribution in [0.2, 0.25) is 0 Å². The van der Waals surface area contributed by atoms with Gasteiger partial charge in [-0.15, -0.1) is 11.3 Å². The first-order valence-corrected chi connectivity index (χ1v) is 7.68. The van der Waals surface area contributed by atoms with Gasteiger partial charge in [-0.2, -0.15) is 0 Å². The van der Waals surface area contributed by atoms with E-state index < -0.39 is 5.97 Å². The van der Waals surface area contributed by atoms with Crippen LogP contribution >= 0.6 is 11.3 Å². The van der Waals surface area contributed by atoms with Gasteiger partial charge in [-0.1, -0.05) is 12.8 Å². The van der Waals surface area contributed by atoms with Crippen molar-refractivity contribution in [3.63, 3.8) is 0 Å². The Labute approximate surface area is 121 Å². The quantitative estimate of drug-likeness (QED) is 0.937. The molecule has 106 valence electrons. The van der Waals surface area contributed by atoms with Crippen LogP contribution in [0.15, 0.2) is 18.2 Å². The van der Waals surface area contributed by atoms with Gasteiger partial charge < -0.3 is 9.84 Å². The van der Waals surface area contributed by atoms with E-state index in [2.05, 4.69) is 4.98 Å². The molecule has 0 radical (unpaired) electrons. The largest absolute Gasteiger partial charge is 0.497 e. The Balaban J connectivity index is 1.97. The highest BCUT2D eigenvalue weighted by Gasteiger charge is 2.33. The standard InChI is InChI=1S/C15H17NO3S/c1-19-9-6-7-12-13(8-9)20-14(16-12)10-4-2-3-5-11(10)15(17)18/h6-8,10-11H,2-5H2,1H3,(H,17,18). The Morgan fingerprint density at radius 1 is 1.40 bits per heavy atom. The lowest BCUT2D eigenvalue weighted by Gasteiger charge is -2.26. The van der Waals surface area contributed by atoms with Crippen LogP contribution in [0.1, 0.15) is 36.6 Å². The van der Waals surface area contributed by atoms with E-state index in [0.717, 1.165) is 46.7 Å². The molecule has 2 aromatic rings. The summed E-state index contributed by atoms with van der Waals surface area (Å²) in [4.78, 5) is 16.1. The van der Waals surface area contributed by atoms with Gasteiger partial charge in [0.2, 0.25) is 0 Å². The topological polar surface area (TPSA) is 59.4 Å². The molecule has 0 spiro atoms. The first-order valence-electron chi connectivity index (χ1n) is 6.86. The summed E-state index contributed by atoms with van der Waals surface area (Å²) in [5, 5.41) is 10.3. The van der Waals surface area contributed by atoms with Crippen LogP contribution in [0, 0.1) is 5.92 Å². The van der Waals surface area contributed by atoms with Crippen LogP contribution in [-0.4, -0.2) is 23.2 Å². The number of fused-ring (bicyclic) bond motifs is 1. The van der Waals surface area contributed by atoms with Crippen LogP contribution in [-0.2, 0) is 4.79 Å². The van der Waals surface area contributed by atoms with Crippen LogP contribution in [0.25, 0.3) is 10.2 Å². The minimum Gasteiger partial charge on any atom is -0.497 e. The molecular weight excluding hydrogens is 274 g/mol. The molecule has 3 rings (SSSR count). The molecule has 0 bridgehead atoms. The second-order valence-corrected chi connectivity index (χ2v) is 6.28. The van der Waals surface area contributed by atoms with Gasteiger partial charge in [-0.05, 0) is 31.0 Å². The van der Waals surface area contributed by atoms with Crippen molar-refractivity contribution >= 4 is 27.5 Å². The summed E-state index contributed by atoms with van der Waals surface area (Å²) in [7, 11) is 1.64. The molecule has 1 N–H and O–H groups in total. The third kappa shape index (κ3) is 2.38. The number of carboxylic acids is 1. The number of ether oxygens (including phenoxy) is 1. The molecule has 5 heteroatoms. The van der Waals surface area contributed by atoms with Crippen molar-refractivity contribution < 1.29 is 14.6 Å². The number of methoxy groups -OCH3 is 1. The first-order chi connectivity index (χ1) is 9.69. The fraction of sp³-hybridized carbons (Fsp3) is 0.467. The van der Waals surface area contributed by atoms with Crippen LogP contribution in [0.4, 0.5) is 0 Å². The second kappa shape index (κ2) is 5.40. The zero-order valence-electron chi connectivity index (χ0n) is 11.3. The van der Waals surface area contributed by atoms with Crippen molar-refractivity contribution in [2.45, 2.75) is 31.6 Å². The van der Waals surface area contributed by atoms with Crippen molar-refractivity contribution in [3.05, 3.63) is 23.2 Å². The van der Waals surface area contributed by atoms with Gasteiger partial charge in [0.25, 0.3) is 0 Å². The summed E-state index contributed by atoms with van der Waals surface area (Å²) in [5.74, 6) is -0.103. The molecule has 1 saturated carbocycles. The van der Waals surface area contributed by atoms with Gasteiger partial charge in [0.15, 0.2) is 0 Å². The number of aromatic nitrogens is 1. The molecule has 2 unspecified atom stereocenters. The zero-order valence-corrected chi connectivity index (χ0v) is 12.2. The Bertz CT molecular complexity index is 637. The van der Waals surface area contributed by atoms with Crippen LogP contribution in [0.3, 0.4) is 0 Å². The summed E-state index contributed by atoms with van der Waals surface area (Å²) >= 11 is 1.60. The van der Waals surface area contributed by atoms with E-state index in [1.165, 1.54) is 0 Å². The van der Waals surface area contributed by atoms with Gasteiger partial charge in [-0.3, -0.25) is 4.79 Å². The lowest BCUT2D eigenvalue weighted by molar-refractivity contribution is -0.143. The second-order valence-electron chi connectivity index (χ2n) is 5.22. The number of nitrogens with zero attached hydrogens (tertiary/aromatic N) is 1. The lowest BCUT2D eigenvalue weighted by Crippen LogP contribution is -2.25. The normalized spacial score (nSPS) is 22.9. The molecule has 0 amide bonds. The van der Waals surface area contributed by atoms with Gasteiger partial charge in [0.1, 0.15) is 5.75 Å². The van der Waals surface area contributed by atoms with Crippen molar-refractivity contribution in [2.75, 3.05) is 7.11 Å². The van der Waals surface area contributed by atoms with E-state index in [4.69, 9.17) is 4.74 Å². The maximum Gasteiger partial charge on any atom is 0.307 e. The number of hydrogen-bond donors (Lipinski definition) is 1. The number of rotatable bonds is 3. The Morgan fingerprint density at radius 2 is 2.20 bits per heavy atom. The Kier molecular flexibility index (Phi) is 3.61. The van der Waals surface area contributed by atoms with E-state index in [0.29, 0.717) is 0 Å². The zero-order chi connectivity index (χ0) is 14.1. The minimum atomic E-state index is -0.688. The highest BCUT2D eigenvalue weighted by atomic mass is 32.1. The van der Waals surface area contributed by atoms with Gasteiger partial charge in [0.05, 0.1) is 28.3 Å². The highest BCUT2D eigenvalue weighted by Crippen LogP contribution is 2.41. The van der Waals surface area contributed by atoms with Crippen LogP contribution in [0.5, 0.6) is 5.75 Å². The van der Waals surface area contributed by atoms with Crippen molar-refractivity contribution in [1.82, 2.24) is 4.98 Å². The Hall–Kier alpha value is -1.62. The number of carbonyl (C=O) groups is 1. The van der Waals surface area contributed by atoms with Crippen molar-refractivity contribution in [2.24, 2.45) is 5.92 Å². The molecule has 1 aromatic carbocycles. The summed E-state index contributed by atoms with van der Waals surface area (Å²) in [6.07, 6.45) is 3.78. The smallest absolute Gasteiger partial charge is 0.307 e.